The second-order valence-electron chi connectivity index (χ2n) is 15.1. The van der Waals surface area contributed by atoms with Gasteiger partial charge in [-0.15, -0.1) is 0 Å². The van der Waals surface area contributed by atoms with Crippen molar-refractivity contribution in [1.82, 2.24) is 9.55 Å². The van der Waals surface area contributed by atoms with Crippen LogP contribution in [0, 0.1) is 0 Å². The lowest BCUT2D eigenvalue weighted by Gasteiger charge is -2.14. The van der Waals surface area contributed by atoms with E-state index in [1.165, 1.54) is 43.1 Å². The summed E-state index contributed by atoms with van der Waals surface area (Å²) in [6, 6.07) is 65.0. The Morgan fingerprint density at radius 3 is 1.58 bits per heavy atom. The van der Waals surface area contributed by atoms with Gasteiger partial charge in [-0.05, 0) is 116 Å². The number of furan rings is 2. The van der Waals surface area contributed by atoms with Crippen LogP contribution in [0.25, 0.3) is 126 Å². The summed E-state index contributed by atoms with van der Waals surface area (Å²) < 4.78 is 15.2. The summed E-state index contributed by atoms with van der Waals surface area (Å²) in [6.45, 7) is 0. The van der Waals surface area contributed by atoms with E-state index in [-0.39, 0.29) is 0 Å². The van der Waals surface area contributed by atoms with E-state index in [1.807, 2.05) is 12.1 Å². The van der Waals surface area contributed by atoms with Crippen molar-refractivity contribution in [3.63, 3.8) is 0 Å². The molecule has 0 amide bonds. The highest BCUT2D eigenvalue weighted by molar-refractivity contribution is 6.28. The standard InChI is InChI=1S/C53H30N2O2/c1-3-13-37-35(11-1)36-12-2-4-14-38(36)43-30-52-45(29-42(37)43)53-51(57-52)24-22-46(54-53)33-25-32(31-21-23-50-44(28-31)41-17-7-10-20-49(41)56-50)26-34(27-33)55-47-18-8-5-15-39(47)40-16-6-9-19-48(40)55/h1-30H. The summed E-state index contributed by atoms with van der Waals surface area (Å²) in [5.74, 6) is 0. The molecule has 264 valence electrons. The zero-order chi connectivity index (χ0) is 37.2. The Labute approximate surface area is 325 Å². The molecule has 4 heterocycles. The molecule has 0 fully saturated rings. The third-order valence-corrected chi connectivity index (χ3v) is 11.9. The maximum absolute atomic E-state index is 6.58. The molecule has 13 rings (SSSR count). The molecule has 0 N–H and O–H groups in total. The molecule has 0 bridgehead atoms. The highest BCUT2D eigenvalue weighted by Gasteiger charge is 2.18. The molecule has 4 aromatic heterocycles. The first kappa shape index (κ1) is 30.6. The SMILES string of the molecule is c1ccc2c(c1)oc1ccc(-c3cc(-c4ccc5oc6cc7c8ccccc8c8ccccc8c7cc6c5n4)cc(-n4c5ccccc5c5ccccc54)c3)cc12. The first-order valence-electron chi connectivity index (χ1n) is 19.4. The minimum Gasteiger partial charge on any atom is -0.456 e. The van der Waals surface area contributed by atoms with Crippen LogP contribution in [0.2, 0.25) is 0 Å². The van der Waals surface area contributed by atoms with Crippen LogP contribution in [0.3, 0.4) is 0 Å². The highest BCUT2D eigenvalue weighted by Crippen LogP contribution is 2.42. The van der Waals surface area contributed by atoms with Gasteiger partial charge in [0.05, 0.1) is 16.7 Å². The fourth-order valence-electron chi connectivity index (χ4n) is 9.36. The predicted molar refractivity (Wildman–Crippen MR) is 237 cm³/mol. The molecule has 0 aliphatic carbocycles. The van der Waals surface area contributed by atoms with Gasteiger partial charge in [-0.1, -0.05) is 109 Å². The van der Waals surface area contributed by atoms with Crippen molar-refractivity contribution in [3.05, 3.63) is 182 Å². The molecule has 0 unspecified atom stereocenters. The van der Waals surface area contributed by atoms with Crippen LogP contribution in [0.5, 0.6) is 0 Å². The lowest BCUT2D eigenvalue weighted by atomic mass is 9.93. The zero-order valence-corrected chi connectivity index (χ0v) is 30.5. The Morgan fingerprint density at radius 1 is 0.316 bits per heavy atom. The predicted octanol–water partition coefficient (Wildman–Crippen LogP) is 14.8. The molecule has 0 saturated carbocycles. The van der Waals surface area contributed by atoms with E-state index >= 15 is 0 Å². The first-order valence-corrected chi connectivity index (χ1v) is 19.4. The second kappa shape index (κ2) is 11.4. The smallest absolute Gasteiger partial charge is 0.153 e. The van der Waals surface area contributed by atoms with Gasteiger partial charge in [0, 0.05) is 38.2 Å². The van der Waals surface area contributed by atoms with Gasteiger partial charge >= 0.3 is 0 Å². The molecule has 0 aliphatic heterocycles. The minimum atomic E-state index is 0.772. The molecule has 13 aromatic rings. The third-order valence-electron chi connectivity index (χ3n) is 11.9. The van der Waals surface area contributed by atoms with Crippen LogP contribution in [0.15, 0.2) is 191 Å². The van der Waals surface area contributed by atoms with Gasteiger partial charge in [0.25, 0.3) is 0 Å². The quantitative estimate of drug-likeness (QED) is 0.170. The topological polar surface area (TPSA) is 44.1 Å². The second-order valence-corrected chi connectivity index (χ2v) is 15.1. The number of hydrogen-bond acceptors (Lipinski definition) is 3. The molecule has 9 aromatic carbocycles. The number of pyridine rings is 1. The summed E-state index contributed by atoms with van der Waals surface area (Å²) in [7, 11) is 0. The van der Waals surface area contributed by atoms with Crippen molar-refractivity contribution in [1.29, 1.82) is 0 Å². The van der Waals surface area contributed by atoms with Crippen molar-refractivity contribution in [2.45, 2.75) is 0 Å². The number of nitrogens with zero attached hydrogens (tertiary/aromatic N) is 2. The number of hydrogen-bond donors (Lipinski definition) is 0. The van der Waals surface area contributed by atoms with Crippen molar-refractivity contribution in [3.8, 4) is 28.1 Å². The molecule has 0 saturated heterocycles. The first-order chi connectivity index (χ1) is 28.2. The number of benzene rings is 9. The van der Waals surface area contributed by atoms with Gasteiger partial charge in [0.1, 0.15) is 22.3 Å². The molecule has 0 atom stereocenters. The van der Waals surface area contributed by atoms with Crippen molar-refractivity contribution >= 4 is 98.1 Å². The van der Waals surface area contributed by atoms with Crippen LogP contribution in [-0.4, -0.2) is 9.55 Å². The lowest BCUT2D eigenvalue weighted by Crippen LogP contribution is -1.96. The number of fused-ring (bicyclic) bond motifs is 15. The molecule has 57 heavy (non-hydrogen) atoms. The number of para-hydroxylation sites is 3. The Bertz CT molecular complexity index is 3770. The fourth-order valence-corrected chi connectivity index (χ4v) is 9.36. The Morgan fingerprint density at radius 2 is 0.860 bits per heavy atom. The Kier molecular flexibility index (Phi) is 6.13. The Hall–Kier alpha value is -7.69. The normalized spacial score (nSPS) is 12.2. The largest absolute Gasteiger partial charge is 0.456 e. The number of aromatic nitrogens is 2. The summed E-state index contributed by atoms with van der Waals surface area (Å²) in [5.41, 5.74) is 11.7. The van der Waals surface area contributed by atoms with Crippen LogP contribution < -0.4 is 0 Å². The highest BCUT2D eigenvalue weighted by atomic mass is 16.3. The summed E-state index contributed by atoms with van der Waals surface area (Å²) in [4.78, 5) is 5.43. The van der Waals surface area contributed by atoms with Gasteiger partial charge in [0.2, 0.25) is 0 Å². The zero-order valence-electron chi connectivity index (χ0n) is 30.5. The number of rotatable bonds is 3. The fraction of sp³-hybridized carbons (Fsp3) is 0. The van der Waals surface area contributed by atoms with Crippen molar-refractivity contribution in [2.24, 2.45) is 0 Å². The molecule has 0 aliphatic rings. The molecular weight excluding hydrogens is 697 g/mol. The third kappa shape index (κ3) is 4.41. The van der Waals surface area contributed by atoms with E-state index in [4.69, 9.17) is 13.8 Å². The van der Waals surface area contributed by atoms with E-state index in [0.29, 0.717) is 0 Å². The van der Waals surface area contributed by atoms with E-state index in [0.717, 1.165) is 83.1 Å². The maximum Gasteiger partial charge on any atom is 0.153 e. The average Bonchev–Trinajstić information content (AvgIpc) is 3.94. The van der Waals surface area contributed by atoms with Crippen LogP contribution in [-0.2, 0) is 0 Å². The van der Waals surface area contributed by atoms with Gasteiger partial charge in [-0.25, -0.2) is 4.98 Å². The van der Waals surface area contributed by atoms with Crippen LogP contribution >= 0.6 is 0 Å². The van der Waals surface area contributed by atoms with Crippen LogP contribution in [0.1, 0.15) is 0 Å². The minimum absolute atomic E-state index is 0.772. The average molecular weight is 727 g/mol. The summed E-state index contributed by atoms with van der Waals surface area (Å²) >= 11 is 0. The van der Waals surface area contributed by atoms with E-state index in [1.54, 1.807) is 0 Å². The monoisotopic (exact) mass is 726 g/mol. The lowest BCUT2D eigenvalue weighted by molar-refractivity contribution is 0.668. The maximum atomic E-state index is 6.58. The molecule has 4 heteroatoms. The van der Waals surface area contributed by atoms with Crippen molar-refractivity contribution < 1.29 is 8.83 Å². The molecule has 0 spiro atoms. The molecule has 0 radical (unpaired) electrons. The van der Waals surface area contributed by atoms with Gasteiger partial charge in [0.15, 0.2) is 5.58 Å². The van der Waals surface area contributed by atoms with Crippen LogP contribution in [0.4, 0.5) is 0 Å². The molecular formula is C53H30N2O2. The Balaban J connectivity index is 1.07. The van der Waals surface area contributed by atoms with Gasteiger partial charge < -0.3 is 13.4 Å². The van der Waals surface area contributed by atoms with E-state index in [2.05, 4.69) is 174 Å². The van der Waals surface area contributed by atoms with Crippen molar-refractivity contribution in [2.75, 3.05) is 0 Å². The van der Waals surface area contributed by atoms with Gasteiger partial charge in [-0.2, -0.15) is 0 Å². The summed E-state index contributed by atoms with van der Waals surface area (Å²) in [5, 5.41) is 13.0. The summed E-state index contributed by atoms with van der Waals surface area (Å²) in [6.07, 6.45) is 0. The van der Waals surface area contributed by atoms with E-state index < -0.39 is 0 Å². The van der Waals surface area contributed by atoms with E-state index in [9.17, 15) is 0 Å². The van der Waals surface area contributed by atoms with Gasteiger partial charge in [-0.3, -0.25) is 0 Å². The molecule has 4 nitrogen and oxygen atoms in total.